The SMILES string of the molecule is Cc1cc(N2CCN(C(=O)CCC3(CC(=O)OC(C)(C)C)CC(=O)NC3=O)CC2)ccc1Cl. The van der Waals surface area contributed by atoms with E-state index < -0.39 is 28.8 Å². The summed E-state index contributed by atoms with van der Waals surface area (Å²) in [5, 5.41) is 3.01. The minimum Gasteiger partial charge on any atom is -0.460 e. The number of hydrogen-bond acceptors (Lipinski definition) is 6. The van der Waals surface area contributed by atoms with Gasteiger partial charge in [0, 0.05) is 49.7 Å². The average molecular weight is 478 g/mol. The number of rotatable bonds is 6. The Bertz CT molecular complexity index is 950. The first-order valence-corrected chi connectivity index (χ1v) is 11.6. The molecule has 1 aromatic rings. The Labute approximate surface area is 199 Å². The van der Waals surface area contributed by atoms with Crippen LogP contribution in [0.5, 0.6) is 0 Å². The number of carbonyl (C=O) groups is 4. The van der Waals surface area contributed by atoms with E-state index in [4.69, 9.17) is 16.3 Å². The van der Waals surface area contributed by atoms with Crippen molar-refractivity contribution in [3.8, 4) is 0 Å². The van der Waals surface area contributed by atoms with Crippen LogP contribution in [-0.2, 0) is 23.9 Å². The Morgan fingerprint density at radius 3 is 2.36 bits per heavy atom. The summed E-state index contributed by atoms with van der Waals surface area (Å²) in [5.41, 5.74) is 0.140. The van der Waals surface area contributed by atoms with Crippen LogP contribution in [0.1, 0.15) is 52.0 Å². The molecule has 3 rings (SSSR count). The van der Waals surface area contributed by atoms with Crippen LogP contribution in [0.4, 0.5) is 5.69 Å². The standard InChI is InChI=1S/C24H32ClN3O5/c1-16-13-17(5-6-18(16)25)27-9-11-28(12-10-27)20(30)7-8-24(14-19(29)26-22(24)32)15-21(31)33-23(2,3)4/h5-6,13H,7-12,14-15H2,1-4H3,(H,26,29,32). The highest BCUT2D eigenvalue weighted by molar-refractivity contribution is 6.31. The predicted octanol–water partition coefficient (Wildman–Crippen LogP) is 2.84. The first-order valence-electron chi connectivity index (χ1n) is 11.2. The monoisotopic (exact) mass is 477 g/mol. The number of nitrogens with one attached hydrogen (secondary N) is 1. The fourth-order valence-electron chi connectivity index (χ4n) is 4.32. The van der Waals surface area contributed by atoms with Gasteiger partial charge in [0.1, 0.15) is 5.60 Å². The molecular weight excluding hydrogens is 446 g/mol. The summed E-state index contributed by atoms with van der Waals surface area (Å²) in [6.07, 6.45) is -0.121. The molecule has 2 aliphatic heterocycles. The van der Waals surface area contributed by atoms with E-state index in [0.29, 0.717) is 26.2 Å². The molecule has 0 bridgehead atoms. The van der Waals surface area contributed by atoms with Gasteiger partial charge < -0.3 is 14.5 Å². The van der Waals surface area contributed by atoms with E-state index in [-0.39, 0.29) is 31.6 Å². The molecule has 1 aromatic carbocycles. The van der Waals surface area contributed by atoms with Gasteiger partial charge in [-0.3, -0.25) is 24.5 Å². The Morgan fingerprint density at radius 2 is 1.82 bits per heavy atom. The first-order chi connectivity index (χ1) is 15.4. The minimum absolute atomic E-state index is 0.0855. The molecule has 33 heavy (non-hydrogen) atoms. The van der Waals surface area contributed by atoms with Crippen molar-refractivity contribution in [1.82, 2.24) is 10.2 Å². The number of carbonyl (C=O) groups excluding carboxylic acids is 4. The molecule has 1 N–H and O–H groups in total. The van der Waals surface area contributed by atoms with Crippen LogP contribution >= 0.6 is 11.6 Å². The lowest BCUT2D eigenvalue weighted by atomic mass is 9.78. The highest BCUT2D eigenvalue weighted by Gasteiger charge is 2.49. The maximum absolute atomic E-state index is 12.9. The molecule has 0 radical (unpaired) electrons. The van der Waals surface area contributed by atoms with Gasteiger partial charge in [0.25, 0.3) is 0 Å². The van der Waals surface area contributed by atoms with Crippen LogP contribution in [0, 0.1) is 12.3 Å². The second-order valence-electron chi connectivity index (χ2n) is 9.90. The molecule has 2 saturated heterocycles. The number of esters is 1. The lowest BCUT2D eigenvalue weighted by molar-refractivity contribution is -0.160. The second-order valence-corrected chi connectivity index (χ2v) is 10.3. The van der Waals surface area contributed by atoms with Crippen molar-refractivity contribution in [2.75, 3.05) is 31.1 Å². The zero-order valence-corrected chi connectivity index (χ0v) is 20.5. The number of nitrogens with zero attached hydrogens (tertiary/aromatic N) is 2. The molecule has 2 heterocycles. The number of anilines is 1. The van der Waals surface area contributed by atoms with Crippen molar-refractivity contribution >= 4 is 41.0 Å². The Hall–Kier alpha value is -2.61. The maximum Gasteiger partial charge on any atom is 0.307 e. The molecule has 2 aliphatic rings. The van der Waals surface area contributed by atoms with Gasteiger partial charge in [0.05, 0.1) is 11.8 Å². The van der Waals surface area contributed by atoms with Gasteiger partial charge >= 0.3 is 5.97 Å². The van der Waals surface area contributed by atoms with Crippen LogP contribution < -0.4 is 10.2 Å². The Kier molecular flexibility index (Phi) is 7.36. The van der Waals surface area contributed by atoms with E-state index in [2.05, 4.69) is 10.2 Å². The topological polar surface area (TPSA) is 96.0 Å². The Balaban J connectivity index is 1.58. The van der Waals surface area contributed by atoms with Crippen LogP contribution in [0.15, 0.2) is 18.2 Å². The predicted molar refractivity (Wildman–Crippen MR) is 125 cm³/mol. The zero-order chi connectivity index (χ0) is 24.4. The molecule has 0 aromatic heterocycles. The van der Waals surface area contributed by atoms with Crippen LogP contribution in [0.25, 0.3) is 0 Å². The van der Waals surface area contributed by atoms with E-state index >= 15 is 0 Å². The van der Waals surface area contributed by atoms with E-state index in [0.717, 1.165) is 16.3 Å². The average Bonchev–Trinajstić information content (AvgIpc) is 2.99. The number of ether oxygens (including phenoxy) is 1. The molecule has 2 fully saturated rings. The van der Waals surface area contributed by atoms with Gasteiger partial charge in [-0.1, -0.05) is 11.6 Å². The van der Waals surface area contributed by atoms with E-state index in [1.54, 1.807) is 25.7 Å². The third-order valence-corrected chi connectivity index (χ3v) is 6.52. The molecule has 1 atom stereocenters. The molecule has 0 saturated carbocycles. The van der Waals surface area contributed by atoms with Crippen molar-refractivity contribution in [3.63, 3.8) is 0 Å². The van der Waals surface area contributed by atoms with Gasteiger partial charge in [0.15, 0.2) is 0 Å². The quantitative estimate of drug-likeness (QED) is 0.500. The Morgan fingerprint density at radius 1 is 1.15 bits per heavy atom. The maximum atomic E-state index is 12.9. The van der Waals surface area contributed by atoms with Gasteiger partial charge in [-0.05, 0) is 57.9 Å². The summed E-state index contributed by atoms with van der Waals surface area (Å²) < 4.78 is 5.36. The lowest BCUT2D eigenvalue weighted by Gasteiger charge is -2.37. The van der Waals surface area contributed by atoms with Crippen LogP contribution in [0.3, 0.4) is 0 Å². The lowest BCUT2D eigenvalue weighted by Crippen LogP contribution is -2.49. The number of hydrogen-bond donors (Lipinski definition) is 1. The second kappa shape index (κ2) is 9.71. The fraction of sp³-hybridized carbons (Fsp3) is 0.583. The summed E-state index contributed by atoms with van der Waals surface area (Å²) in [6.45, 7) is 9.69. The largest absolute Gasteiger partial charge is 0.460 e. The molecular formula is C24H32ClN3O5. The van der Waals surface area contributed by atoms with Gasteiger partial charge in [-0.25, -0.2) is 0 Å². The van der Waals surface area contributed by atoms with Crippen molar-refractivity contribution < 1.29 is 23.9 Å². The van der Waals surface area contributed by atoms with Gasteiger partial charge in [0.2, 0.25) is 17.7 Å². The summed E-state index contributed by atoms with van der Waals surface area (Å²) >= 11 is 6.12. The van der Waals surface area contributed by atoms with Crippen LogP contribution in [-0.4, -0.2) is 60.4 Å². The number of aryl methyl sites for hydroxylation is 1. The molecule has 1 unspecified atom stereocenters. The van der Waals surface area contributed by atoms with E-state index in [9.17, 15) is 19.2 Å². The van der Waals surface area contributed by atoms with E-state index in [1.165, 1.54) is 0 Å². The molecule has 0 spiro atoms. The normalized spacial score (nSPS) is 21.2. The third-order valence-electron chi connectivity index (χ3n) is 6.09. The summed E-state index contributed by atoms with van der Waals surface area (Å²) in [7, 11) is 0. The highest BCUT2D eigenvalue weighted by Crippen LogP contribution is 2.37. The van der Waals surface area contributed by atoms with Crippen molar-refractivity contribution in [2.45, 2.75) is 59.0 Å². The molecule has 180 valence electrons. The highest BCUT2D eigenvalue weighted by atomic mass is 35.5. The zero-order valence-electron chi connectivity index (χ0n) is 19.7. The number of benzene rings is 1. The minimum atomic E-state index is -1.24. The summed E-state index contributed by atoms with van der Waals surface area (Å²) in [5.74, 6) is -1.57. The van der Waals surface area contributed by atoms with Crippen molar-refractivity contribution in [3.05, 3.63) is 28.8 Å². The smallest absolute Gasteiger partial charge is 0.307 e. The molecule has 3 amide bonds. The number of halogens is 1. The number of imide groups is 1. The number of piperazine rings is 1. The van der Waals surface area contributed by atoms with Crippen molar-refractivity contribution in [1.29, 1.82) is 0 Å². The summed E-state index contributed by atoms with van der Waals surface area (Å²) in [4.78, 5) is 53.8. The number of amides is 3. The van der Waals surface area contributed by atoms with Crippen molar-refractivity contribution in [2.24, 2.45) is 5.41 Å². The van der Waals surface area contributed by atoms with Gasteiger partial charge in [-0.2, -0.15) is 0 Å². The van der Waals surface area contributed by atoms with Gasteiger partial charge in [-0.15, -0.1) is 0 Å². The summed E-state index contributed by atoms with van der Waals surface area (Å²) in [6, 6.07) is 5.89. The molecule has 0 aliphatic carbocycles. The first kappa shape index (κ1) is 25.0. The molecule has 8 nitrogen and oxygen atoms in total. The molecule has 9 heteroatoms. The third kappa shape index (κ3) is 6.25. The van der Waals surface area contributed by atoms with Crippen LogP contribution in [0.2, 0.25) is 5.02 Å². The van der Waals surface area contributed by atoms with E-state index in [1.807, 2.05) is 25.1 Å². The fourth-order valence-corrected chi connectivity index (χ4v) is 4.44.